The number of hydrogen-bond acceptors (Lipinski definition) is 5. The van der Waals surface area contributed by atoms with E-state index in [-0.39, 0.29) is 42.0 Å². The molecule has 0 unspecified atom stereocenters. The zero-order valence-electron chi connectivity index (χ0n) is 14.0. The number of fused-ring (bicyclic) bond motifs is 6. The number of aryl methyl sites for hydroxylation is 1. The molecule has 3 amide bonds. The van der Waals surface area contributed by atoms with Gasteiger partial charge in [0.25, 0.3) is 0 Å². The molecule has 4 atom stereocenters. The summed E-state index contributed by atoms with van der Waals surface area (Å²) in [6.45, 7) is -0.266. The zero-order valence-corrected chi connectivity index (χ0v) is 14.8. The number of allylic oxidation sites excluding steroid dienone is 2. The van der Waals surface area contributed by atoms with Gasteiger partial charge in [-0.1, -0.05) is 12.2 Å². The van der Waals surface area contributed by atoms with Crippen molar-refractivity contribution in [3.63, 3.8) is 0 Å². The second-order valence-corrected chi connectivity index (χ2v) is 8.59. The average molecular weight is 367 g/mol. The molecular formula is C19H17N3O3S. The van der Waals surface area contributed by atoms with Gasteiger partial charge in [-0.25, -0.2) is 0 Å². The highest BCUT2D eigenvalue weighted by atomic mass is 32.1. The highest BCUT2D eigenvalue weighted by Crippen LogP contribution is 2.52. The predicted octanol–water partition coefficient (Wildman–Crippen LogP) is 1.85. The lowest BCUT2D eigenvalue weighted by molar-refractivity contribution is -0.143. The summed E-state index contributed by atoms with van der Waals surface area (Å²) in [5.74, 6) is -1.15. The Balaban J connectivity index is 1.32. The molecule has 3 aliphatic carbocycles. The van der Waals surface area contributed by atoms with Crippen molar-refractivity contribution in [2.75, 3.05) is 11.9 Å². The molecule has 0 radical (unpaired) electrons. The molecule has 5 rings (SSSR count). The molecule has 132 valence electrons. The van der Waals surface area contributed by atoms with Crippen molar-refractivity contribution in [1.82, 2.24) is 4.90 Å². The van der Waals surface area contributed by atoms with E-state index in [1.54, 1.807) is 0 Å². The molecular weight excluding hydrogens is 350 g/mol. The summed E-state index contributed by atoms with van der Waals surface area (Å²) in [5.41, 5.74) is 1.58. The van der Waals surface area contributed by atoms with Crippen LogP contribution >= 0.6 is 11.3 Å². The van der Waals surface area contributed by atoms with E-state index >= 15 is 0 Å². The van der Waals surface area contributed by atoms with Crippen molar-refractivity contribution < 1.29 is 14.4 Å². The van der Waals surface area contributed by atoms with E-state index in [0.29, 0.717) is 10.6 Å². The van der Waals surface area contributed by atoms with E-state index in [9.17, 15) is 19.6 Å². The molecule has 1 saturated carbocycles. The molecule has 2 bridgehead atoms. The fraction of sp³-hybridized carbons (Fsp3) is 0.474. The highest BCUT2D eigenvalue weighted by Gasteiger charge is 2.59. The molecule has 26 heavy (non-hydrogen) atoms. The molecule has 1 saturated heterocycles. The van der Waals surface area contributed by atoms with Gasteiger partial charge in [0.2, 0.25) is 17.7 Å². The number of rotatable bonds is 3. The summed E-state index contributed by atoms with van der Waals surface area (Å²) in [6, 6.07) is 2.18. The van der Waals surface area contributed by atoms with Crippen LogP contribution in [0.3, 0.4) is 0 Å². The minimum Gasteiger partial charge on any atom is -0.315 e. The van der Waals surface area contributed by atoms with Crippen molar-refractivity contribution in [3.05, 3.63) is 28.2 Å². The molecule has 4 aliphatic rings. The predicted molar refractivity (Wildman–Crippen MR) is 94.1 cm³/mol. The largest absolute Gasteiger partial charge is 0.315 e. The lowest BCUT2D eigenvalue weighted by Crippen LogP contribution is -2.39. The highest BCUT2D eigenvalue weighted by molar-refractivity contribution is 7.16. The van der Waals surface area contributed by atoms with Gasteiger partial charge in [-0.2, -0.15) is 5.26 Å². The first-order valence-corrected chi connectivity index (χ1v) is 9.78. The monoisotopic (exact) mass is 367 g/mol. The Labute approximate surface area is 154 Å². The number of imide groups is 1. The number of carbonyl (C=O) groups is 3. The number of likely N-dealkylation sites (tertiary alicyclic amines) is 1. The van der Waals surface area contributed by atoms with Crippen LogP contribution in [0, 0.1) is 35.0 Å². The van der Waals surface area contributed by atoms with Gasteiger partial charge in [-0.05, 0) is 43.1 Å². The number of nitrogens with one attached hydrogen (secondary N) is 1. The van der Waals surface area contributed by atoms with E-state index in [0.717, 1.165) is 41.0 Å². The van der Waals surface area contributed by atoms with Crippen molar-refractivity contribution in [3.8, 4) is 6.07 Å². The number of carbonyl (C=O) groups excluding carboxylic acids is 3. The Morgan fingerprint density at radius 1 is 1.23 bits per heavy atom. The summed E-state index contributed by atoms with van der Waals surface area (Å²) in [7, 11) is 0. The SMILES string of the molecule is N#Cc1c(NC(=O)CN2C(=O)[C@@H]3[C@@H](C2=O)[C@H]2C=C[C@H]3C2)sc2c1CCC2. The second-order valence-electron chi connectivity index (χ2n) is 7.48. The molecule has 2 fully saturated rings. The summed E-state index contributed by atoms with van der Waals surface area (Å²) in [4.78, 5) is 40.1. The van der Waals surface area contributed by atoms with Crippen LogP contribution in [0.25, 0.3) is 0 Å². The van der Waals surface area contributed by atoms with Crippen LogP contribution in [0.15, 0.2) is 12.2 Å². The third-order valence-electron chi connectivity index (χ3n) is 6.15. The van der Waals surface area contributed by atoms with Gasteiger partial charge in [0, 0.05) is 4.88 Å². The van der Waals surface area contributed by atoms with E-state index in [2.05, 4.69) is 11.4 Å². The zero-order chi connectivity index (χ0) is 18.0. The van der Waals surface area contributed by atoms with Crippen LogP contribution in [-0.2, 0) is 27.2 Å². The maximum Gasteiger partial charge on any atom is 0.245 e. The summed E-state index contributed by atoms with van der Waals surface area (Å²) in [6.07, 6.45) is 7.79. The molecule has 1 aromatic rings. The van der Waals surface area contributed by atoms with Crippen LogP contribution < -0.4 is 5.32 Å². The average Bonchev–Trinajstić information content (AvgIpc) is 3.39. The third kappa shape index (κ3) is 2.05. The number of nitriles is 1. The molecule has 6 nitrogen and oxygen atoms in total. The quantitative estimate of drug-likeness (QED) is 0.652. The number of thiophene rings is 1. The van der Waals surface area contributed by atoms with Crippen LogP contribution in [-0.4, -0.2) is 29.2 Å². The van der Waals surface area contributed by atoms with Gasteiger partial charge in [0.1, 0.15) is 17.6 Å². The third-order valence-corrected chi connectivity index (χ3v) is 7.36. The maximum atomic E-state index is 12.7. The fourth-order valence-corrected chi connectivity index (χ4v) is 6.30. The molecule has 1 aliphatic heterocycles. The van der Waals surface area contributed by atoms with Crippen molar-refractivity contribution >= 4 is 34.1 Å². The molecule has 7 heteroatoms. The second kappa shape index (κ2) is 5.52. The Morgan fingerprint density at radius 2 is 1.92 bits per heavy atom. The van der Waals surface area contributed by atoms with Gasteiger partial charge < -0.3 is 5.32 Å². The van der Waals surface area contributed by atoms with E-state index in [1.807, 2.05) is 12.2 Å². The first-order valence-electron chi connectivity index (χ1n) is 8.96. The summed E-state index contributed by atoms with van der Waals surface area (Å²) < 4.78 is 0. The normalized spacial score (nSPS) is 30.7. The van der Waals surface area contributed by atoms with Gasteiger partial charge in [0.05, 0.1) is 17.4 Å². The van der Waals surface area contributed by atoms with E-state index in [1.165, 1.54) is 11.3 Å². The Hall–Kier alpha value is -2.46. The smallest absolute Gasteiger partial charge is 0.245 e. The lowest BCUT2D eigenvalue weighted by Gasteiger charge is -2.16. The van der Waals surface area contributed by atoms with E-state index in [4.69, 9.17) is 0 Å². The first-order chi connectivity index (χ1) is 12.6. The van der Waals surface area contributed by atoms with Crippen LogP contribution in [0.1, 0.15) is 28.8 Å². The first kappa shape index (κ1) is 15.8. The maximum absolute atomic E-state index is 12.7. The minimum absolute atomic E-state index is 0.139. The molecule has 2 heterocycles. The van der Waals surface area contributed by atoms with Gasteiger partial charge >= 0.3 is 0 Å². The van der Waals surface area contributed by atoms with Crippen molar-refractivity contribution in [1.29, 1.82) is 5.26 Å². The van der Waals surface area contributed by atoms with Crippen LogP contribution in [0.5, 0.6) is 0 Å². The standard InChI is InChI=1S/C19H17N3O3S/c20-7-12-11-2-1-3-13(11)26-17(12)21-14(23)8-22-18(24)15-9-4-5-10(6-9)16(15)19(22)25/h4-5,9-10,15-16H,1-3,6,8H2,(H,21,23)/t9-,10-,15-,16-/m0/s1. The van der Waals surface area contributed by atoms with Crippen LogP contribution in [0.2, 0.25) is 0 Å². The number of amides is 3. The fourth-order valence-electron chi connectivity index (χ4n) is 5.04. The summed E-state index contributed by atoms with van der Waals surface area (Å²) >= 11 is 1.44. The lowest BCUT2D eigenvalue weighted by atomic mass is 9.85. The Bertz CT molecular complexity index is 895. The van der Waals surface area contributed by atoms with Gasteiger partial charge in [-0.15, -0.1) is 11.3 Å². The Kier molecular flexibility index (Phi) is 3.35. The Morgan fingerprint density at radius 3 is 2.58 bits per heavy atom. The molecule has 0 aromatic carbocycles. The van der Waals surface area contributed by atoms with Gasteiger partial charge in [-0.3, -0.25) is 19.3 Å². The number of hydrogen-bond donors (Lipinski definition) is 1. The molecule has 1 aromatic heterocycles. The van der Waals surface area contributed by atoms with Crippen LogP contribution in [0.4, 0.5) is 5.00 Å². The van der Waals surface area contributed by atoms with Crippen molar-refractivity contribution in [2.24, 2.45) is 23.7 Å². The minimum atomic E-state index is -0.414. The topological polar surface area (TPSA) is 90.3 Å². The summed E-state index contributed by atoms with van der Waals surface area (Å²) in [5, 5.41) is 12.7. The number of anilines is 1. The molecule has 1 N–H and O–H groups in total. The van der Waals surface area contributed by atoms with Gasteiger partial charge in [0.15, 0.2) is 0 Å². The number of nitrogens with zero attached hydrogens (tertiary/aromatic N) is 2. The molecule has 0 spiro atoms. The van der Waals surface area contributed by atoms with E-state index < -0.39 is 5.91 Å². The van der Waals surface area contributed by atoms with Crippen molar-refractivity contribution in [2.45, 2.75) is 25.7 Å².